The fourth-order valence-corrected chi connectivity index (χ4v) is 4.44. The number of anilines is 1. The SMILES string of the molecule is CCCC(NC(=O)C(O)c1cc(F)cc(F)c1)C(=O)Nc1ncc(C(C)CCCC(C)(C)OC)s1. The molecule has 10 heteroatoms. The minimum Gasteiger partial charge on any atom is -0.379 e. The Kier molecular flexibility index (Phi) is 10.7. The van der Waals surface area contributed by atoms with Crippen molar-refractivity contribution >= 4 is 28.3 Å². The van der Waals surface area contributed by atoms with Crippen LogP contribution in [0.1, 0.15) is 82.3 Å². The molecule has 2 amide bonds. The van der Waals surface area contributed by atoms with Gasteiger partial charge in [0.15, 0.2) is 11.2 Å². The molecular formula is C25H35F2N3O4S. The van der Waals surface area contributed by atoms with E-state index in [1.165, 1.54) is 11.3 Å². The molecule has 0 aliphatic carbocycles. The van der Waals surface area contributed by atoms with Crippen LogP contribution in [0.15, 0.2) is 24.4 Å². The highest BCUT2D eigenvalue weighted by Crippen LogP contribution is 2.30. The first-order chi connectivity index (χ1) is 16.5. The van der Waals surface area contributed by atoms with Crippen molar-refractivity contribution in [3.05, 3.63) is 46.5 Å². The maximum Gasteiger partial charge on any atom is 0.254 e. The van der Waals surface area contributed by atoms with Crippen LogP contribution in [0.3, 0.4) is 0 Å². The Morgan fingerprint density at radius 3 is 2.43 bits per heavy atom. The minimum absolute atomic E-state index is 0.165. The highest BCUT2D eigenvalue weighted by atomic mass is 32.1. The van der Waals surface area contributed by atoms with E-state index in [4.69, 9.17) is 4.74 Å². The zero-order valence-electron chi connectivity index (χ0n) is 20.9. The molecule has 0 saturated heterocycles. The van der Waals surface area contributed by atoms with Crippen molar-refractivity contribution in [2.24, 2.45) is 0 Å². The molecule has 0 fully saturated rings. The number of aliphatic hydroxyl groups is 1. The van der Waals surface area contributed by atoms with Gasteiger partial charge in [-0.15, -0.1) is 11.3 Å². The summed E-state index contributed by atoms with van der Waals surface area (Å²) in [6, 6.07) is 1.44. The maximum atomic E-state index is 13.4. The van der Waals surface area contributed by atoms with E-state index >= 15 is 0 Å². The van der Waals surface area contributed by atoms with Crippen LogP contribution in [0.4, 0.5) is 13.9 Å². The third kappa shape index (κ3) is 8.94. The summed E-state index contributed by atoms with van der Waals surface area (Å²) in [5, 5.41) is 15.8. The van der Waals surface area contributed by atoms with Crippen molar-refractivity contribution in [3.63, 3.8) is 0 Å². The number of hydrogen-bond acceptors (Lipinski definition) is 6. The maximum absolute atomic E-state index is 13.4. The molecule has 0 radical (unpaired) electrons. The Morgan fingerprint density at radius 1 is 1.17 bits per heavy atom. The number of carbonyl (C=O) groups is 2. The van der Waals surface area contributed by atoms with Gasteiger partial charge in [0, 0.05) is 24.3 Å². The fourth-order valence-electron chi connectivity index (χ4n) is 3.54. The molecule has 3 unspecified atom stereocenters. The van der Waals surface area contributed by atoms with E-state index < -0.39 is 35.6 Å². The summed E-state index contributed by atoms with van der Waals surface area (Å²) in [5.41, 5.74) is -0.398. The molecule has 194 valence electrons. The smallest absolute Gasteiger partial charge is 0.254 e. The number of aliphatic hydroxyl groups excluding tert-OH is 1. The van der Waals surface area contributed by atoms with Crippen LogP contribution in [-0.2, 0) is 14.3 Å². The second-order valence-corrected chi connectivity index (χ2v) is 10.3. The van der Waals surface area contributed by atoms with Gasteiger partial charge in [0.05, 0.1) is 5.60 Å². The van der Waals surface area contributed by atoms with Crippen molar-refractivity contribution in [2.75, 3.05) is 12.4 Å². The van der Waals surface area contributed by atoms with E-state index in [0.29, 0.717) is 24.0 Å². The molecular weight excluding hydrogens is 476 g/mol. The quantitative estimate of drug-likeness (QED) is 0.348. The van der Waals surface area contributed by atoms with Crippen molar-refractivity contribution in [3.8, 4) is 0 Å². The number of amides is 2. The van der Waals surface area contributed by atoms with Crippen LogP contribution in [0, 0.1) is 11.6 Å². The minimum atomic E-state index is -1.82. The van der Waals surface area contributed by atoms with Crippen LogP contribution in [-0.4, -0.2) is 40.7 Å². The van der Waals surface area contributed by atoms with Gasteiger partial charge in [-0.1, -0.05) is 20.3 Å². The van der Waals surface area contributed by atoms with Gasteiger partial charge in [-0.3, -0.25) is 9.59 Å². The van der Waals surface area contributed by atoms with Crippen LogP contribution in [0.5, 0.6) is 0 Å². The lowest BCUT2D eigenvalue weighted by atomic mass is 9.96. The standard InChI is InChI=1S/C25H35F2N3O4S/c1-6-8-19(29-23(33)21(31)16-11-17(26)13-18(27)12-16)22(32)30-24-28-14-20(35-24)15(2)9-7-10-25(3,4)34-5/h11-15,19,21,31H,6-10H2,1-5H3,(H,29,33)(H,28,30,32). The van der Waals surface area contributed by atoms with Gasteiger partial charge >= 0.3 is 0 Å². The van der Waals surface area contributed by atoms with Crippen LogP contribution >= 0.6 is 11.3 Å². The molecule has 1 heterocycles. The Labute approximate surface area is 209 Å². The molecule has 7 nitrogen and oxygen atoms in total. The van der Waals surface area contributed by atoms with Crippen LogP contribution in [0.25, 0.3) is 0 Å². The molecule has 1 aromatic carbocycles. The van der Waals surface area contributed by atoms with Crippen LogP contribution in [0.2, 0.25) is 0 Å². The van der Waals surface area contributed by atoms with E-state index in [1.54, 1.807) is 13.3 Å². The van der Waals surface area contributed by atoms with Crippen molar-refractivity contribution in [1.82, 2.24) is 10.3 Å². The average molecular weight is 512 g/mol. The summed E-state index contributed by atoms with van der Waals surface area (Å²) >= 11 is 1.37. The van der Waals surface area contributed by atoms with Crippen molar-refractivity contribution in [2.45, 2.75) is 83.5 Å². The third-order valence-corrected chi connectivity index (χ3v) is 7.01. The summed E-state index contributed by atoms with van der Waals surface area (Å²) in [7, 11) is 1.71. The number of aromatic nitrogens is 1. The molecule has 3 atom stereocenters. The van der Waals surface area contributed by atoms with Gasteiger partial charge in [-0.2, -0.15) is 0 Å². The summed E-state index contributed by atoms with van der Waals surface area (Å²) in [6.45, 7) is 8.06. The third-order valence-electron chi connectivity index (χ3n) is 5.87. The summed E-state index contributed by atoms with van der Waals surface area (Å²) in [4.78, 5) is 30.6. The number of benzene rings is 1. The van der Waals surface area contributed by atoms with Crippen molar-refractivity contribution < 1.29 is 28.2 Å². The number of thiazole rings is 1. The van der Waals surface area contributed by atoms with Gasteiger partial charge in [0.25, 0.3) is 5.91 Å². The molecule has 2 rings (SSSR count). The molecule has 0 spiro atoms. The first-order valence-electron chi connectivity index (χ1n) is 11.7. The normalized spacial score (nSPS) is 14.3. The molecule has 0 aliphatic rings. The number of rotatable bonds is 13. The van der Waals surface area contributed by atoms with E-state index in [2.05, 4.69) is 36.4 Å². The topological polar surface area (TPSA) is 101 Å². The molecule has 0 saturated carbocycles. The molecule has 1 aromatic heterocycles. The zero-order valence-corrected chi connectivity index (χ0v) is 21.7. The number of methoxy groups -OCH3 is 1. The largest absolute Gasteiger partial charge is 0.379 e. The predicted molar refractivity (Wildman–Crippen MR) is 132 cm³/mol. The summed E-state index contributed by atoms with van der Waals surface area (Å²) in [5.74, 6) is -2.96. The number of halogens is 2. The Bertz CT molecular complexity index is 979. The van der Waals surface area contributed by atoms with Gasteiger partial charge in [0.1, 0.15) is 17.7 Å². The predicted octanol–water partition coefficient (Wildman–Crippen LogP) is 5.08. The second-order valence-electron chi connectivity index (χ2n) is 9.27. The van der Waals surface area contributed by atoms with E-state index in [-0.39, 0.29) is 17.1 Å². The number of ether oxygens (including phenoxy) is 1. The van der Waals surface area contributed by atoms with Crippen molar-refractivity contribution in [1.29, 1.82) is 0 Å². The zero-order chi connectivity index (χ0) is 26.2. The lowest BCUT2D eigenvalue weighted by molar-refractivity contribution is -0.133. The van der Waals surface area contributed by atoms with E-state index in [1.807, 2.05) is 6.92 Å². The van der Waals surface area contributed by atoms with Gasteiger partial charge in [0.2, 0.25) is 5.91 Å². The Hall–Kier alpha value is -2.43. The molecule has 35 heavy (non-hydrogen) atoms. The lowest BCUT2D eigenvalue weighted by Crippen LogP contribution is -2.45. The molecule has 0 aliphatic heterocycles. The van der Waals surface area contributed by atoms with Gasteiger partial charge < -0.3 is 20.5 Å². The highest BCUT2D eigenvalue weighted by molar-refractivity contribution is 7.15. The van der Waals surface area contributed by atoms with Gasteiger partial charge in [-0.25, -0.2) is 13.8 Å². The molecule has 0 bridgehead atoms. The monoisotopic (exact) mass is 511 g/mol. The number of hydrogen-bond donors (Lipinski definition) is 3. The number of carbonyl (C=O) groups excluding carboxylic acids is 2. The summed E-state index contributed by atoms with van der Waals surface area (Å²) < 4.78 is 32.3. The highest BCUT2D eigenvalue weighted by Gasteiger charge is 2.26. The average Bonchev–Trinajstić information content (AvgIpc) is 3.25. The van der Waals surface area contributed by atoms with Crippen LogP contribution < -0.4 is 10.6 Å². The van der Waals surface area contributed by atoms with E-state index in [9.17, 15) is 23.5 Å². The Balaban J connectivity index is 1.97. The first kappa shape index (κ1) is 28.8. The summed E-state index contributed by atoms with van der Waals surface area (Å²) in [6.07, 6.45) is 3.69. The lowest BCUT2D eigenvalue weighted by Gasteiger charge is -2.23. The van der Waals surface area contributed by atoms with Gasteiger partial charge in [-0.05, 0) is 63.1 Å². The fraction of sp³-hybridized carbons (Fsp3) is 0.560. The number of nitrogens with one attached hydrogen (secondary N) is 2. The second kappa shape index (κ2) is 13.0. The number of nitrogens with zero attached hydrogens (tertiary/aromatic N) is 1. The molecule has 3 N–H and O–H groups in total. The van der Waals surface area contributed by atoms with E-state index in [0.717, 1.165) is 36.3 Å². The Morgan fingerprint density at radius 2 is 1.83 bits per heavy atom. The first-order valence-corrected chi connectivity index (χ1v) is 12.5. The molecule has 2 aromatic rings.